The van der Waals surface area contributed by atoms with E-state index in [1.54, 1.807) is 55.8 Å². The highest BCUT2D eigenvalue weighted by Gasteiger charge is 2.27. The first kappa shape index (κ1) is 20.5. The van der Waals surface area contributed by atoms with Crippen molar-refractivity contribution in [3.8, 4) is 22.5 Å². The number of hydrogen-bond acceptors (Lipinski definition) is 7. The lowest BCUT2D eigenvalue weighted by Crippen LogP contribution is -2.16. The van der Waals surface area contributed by atoms with E-state index in [4.69, 9.17) is 0 Å². The smallest absolute Gasteiger partial charge is 0.275 e. The molecule has 160 valence electrons. The Labute approximate surface area is 177 Å². The van der Waals surface area contributed by atoms with Crippen LogP contribution in [-0.4, -0.2) is 42.1 Å². The molecule has 0 aliphatic rings. The first-order chi connectivity index (χ1) is 14.6. The molecule has 0 amide bonds. The van der Waals surface area contributed by atoms with Crippen molar-refractivity contribution in [2.45, 2.75) is 18.7 Å². The number of hydrogen-bond donors (Lipinski definition) is 0. The lowest BCUT2D eigenvalue weighted by Gasteiger charge is -2.08. The molecule has 3 heterocycles. The SMILES string of the molecule is Cc1nn(C)cc1-c1cc(-c2cn(C)nc2C)n(S(=O)(=O)c2cccc([N+](=O)[O-])c2)n1. The summed E-state index contributed by atoms with van der Waals surface area (Å²) in [5.74, 6) is 0. The maximum Gasteiger partial charge on any atom is 0.283 e. The van der Waals surface area contributed by atoms with Crippen molar-refractivity contribution in [1.29, 1.82) is 0 Å². The number of rotatable bonds is 5. The molecule has 12 heteroatoms. The van der Waals surface area contributed by atoms with E-state index in [1.165, 1.54) is 18.2 Å². The Balaban J connectivity index is 1.98. The molecule has 0 aliphatic carbocycles. The molecule has 11 nitrogen and oxygen atoms in total. The average molecular weight is 441 g/mol. The van der Waals surface area contributed by atoms with Gasteiger partial charge in [-0.2, -0.15) is 27.8 Å². The highest BCUT2D eigenvalue weighted by molar-refractivity contribution is 7.90. The molecule has 0 saturated carbocycles. The summed E-state index contributed by atoms with van der Waals surface area (Å²) in [4.78, 5) is 10.3. The zero-order valence-electron chi connectivity index (χ0n) is 17.2. The Morgan fingerprint density at radius 3 is 2.10 bits per heavy atom. The average Bonchev–Trinajstić information content (AvgIpc) is 3.38. The fourth-order valence-electron chi connectivity index (χ4n) is 3.42. The predicted octanol–water partition coefficient (Wildman–Crippen LogP) is 2.45. The number of nitro benzene ring substituents is 1. The van der Waals surface area contributed by atoms with Crippen LogP contribution in [0.15, 0.2) is 47.6 Å². The summed E-state index contributed by atoms with van der Waals surface area (Å²) in [5, 5.41) is 24.1. The van der Waals surface area contributed by atoms with Gasteiger partial charge in [0, 0.05) is 49.7 Å². The lowest BCUT2D eigenvalue weighted by atomic mass is 10.1. The van der Waals surface area contributed by atoms with Crippen molar-refractivity contribution >= 4 is 15.7 Å². The molecule has 0 aliphatic heterocycles. The number of aromatic nitrogens is 6. The van der Waals surface area contributed by atoms with E-state index < -0.39 is 14.9 Å². The summed E-state index contributed by atoms with van der Waals surface area (Å²) in [6.45, 7) is 3.57. The maximum absolute atomic E-state index is 13.5. The third-order valence-corrected chi connectivity index (χ3v) is 6.39. The van der Waals surface area contributed by atoms with Gasteiger partial charge in [-0.3, -0.25) is 19.5 Å². The summed E-state index contributed by atoms with van der Waals surface area (Å²) in [7, 11) is -0.740. The first-order valence-electron chi connectivity index (χ1n) is 9.19. The predicted molar refractivity (Wildman–Crippen MR) is 112 cm³/mol. The van der Waals surface area contributed by atoms with Crippen molar-refractivity contribution in [3.63, 3.8) is 0 Å². The van der Waals surface area contributed by atoms with Crippen LogP contribution in [0, 0.1) is 24.0 Å². The highest BCUT2D eigenvalue weighted by Crippen LogP contribution is 2.32. The minimum atomic E-state index is -4.24. The van der Waals surface area contributed by atoms with Crippen LogP contribution in [0.3, 0.4) is 0 Å². The van der Waals surface area contributed by atoms with E-state index >= 15 is 0 Å². The van der Waals surface area contributed by atoms with Gasteiger partial charge in [0.15, 0.2) is 0 Å². The summed E-state index contributed by atoms with van der Waals surface area (Å²) in [6.07, 6.45) is 3.45. The molecule has 0 N–H and O–H groups in total. The molecule has 4 aromatic rings. The van der Waals surface area contributed by atoms with Crippen molar-refractivity contribution in [3.05, 3.63) is 64.2 Å². The van der Waals surface area contributed by atoms with Crippen LogP contribution >= 0.6 is 0 Å². The molecule has 0 fully saturated rings. The Morgan fingerprint density at radius 2 is 1.55 bits per heavy atom. The number of aryl methyl sites for hydroxylation is 4. The second-order valence-corrected chi connectivity index (χ2v) is 8.89. The topological polar surface area (TPSA) is 131 Å². The second-order valence-electron chi connectivity index (χ2n) is 7.12. The van der Waals surface area contributed by atoms with Crippen LogP contribution in [0.25, 0.3) is 22.5 Å². The molecule has 1 aromatic carbocycles. The van der Waals surface area contributed by atoms with Crippen LogP contribution in [0.1, 0.15) is 11.4 Å². The quantitative estimate of drug-likeness (QED) is 0.343. The molecular weight excluding hydrogens is 422 g/mol. The van der Waals surface area contributed by atoms with E-state index in [9.17, 15) is 18.5 Å². The largest absolute Gasteiger partial charge is 0.283 e. The van der Waals surface area contributed by atoms with Gasteiger partial charge in [-0.05, 0) is 26.0 Å². The van der Waals surface area contributed by atoms with E-state index in [0.29, 0.717) is 33.9 Å². The van der Waals surface area contributed by atoms with Gasteiger partial charge in [0.2, 0.25) is 0 Å². The Hall–Kier alpha value is -3.80. The third kappa shape index (κ3) is 3.50. The Kier molecular flexibility index (Phi) is 4.73. The molecule has 0 radical (unpaired) electrons. The normalized spacial score (nSPS) is 11.7. The van der Waals surface area contributed by atoms with Gasteiger partial charge in [0.05, 0.1) is 32.6 Å². The zero-order valence-corrected chi connectivity index (χ0v) is 18.0. The number of nitro groups is 1. The van der Waals surface area contributed by atoms with E-state index in [2.05, 4.69) is 15.3 Å². The molecule has 0 atom stereocenters. The van der Waals surface area contributed by atoms with Crippen LogP contribution < -0.4 is 0 Å². The van der Waals surface area contributed by atoms with Gasteiger partial charge in [0.1, 0.15) is 0 Å². The van der Waals surface area contributed by atoms with Crippen LogP contribution in [-0.2, 0) is 24.1 Å². The summed E-state index contributed by atoms with van der Waals surface area (Å²) < 4.78 is 31.1. The van der Waals surface area contributed by atoms with E-state index in [-0.39, 0.29) is 10.6 Å². The molecule has 0 spiro atoms. The monoisotopic (exact) mass is 441 g/mol. The maximum atomic E-state index is 13.5. The summed E-state index contributed by atoms with van der Waals surface area (Å²) in [6, 6.07) is 6.54. The van der Waals surface area contributed by atoms with Crippen LogP contribution in [0.2, 0.25) is 0 Å². The van der Waals surface area contributed by atoms with E-state index in [1.807, 2.05) is 0 Å². The number of benzene rings is 1. The first-order valence-corrected chi connectivity index (χ1v) is 10.6. The highest BCUT2D eigenvalue weighted by atomic mass is 32.2. The van der Waals surface area contributed by atoms with Gasteiger partial charge in [-0.25, -0.2) is 0 Å². The molecule has 0 bridgehead atoms. The third-order valence-electron chi connectivity index (χ3n) is 4.81. The van der Waals surface area contributed by atoms with Crippen molar-refractivity contribution in [2.75, 3.05) is 0 Å². The fourth-order valence-corrected chi connectivity index (χ4v) is 4.75. The fraction of sp³-hybridized carbons (Fsp3) is 0.211. The van der Waals surface area contributed by atoms with Gasteiger partial charge < -0.3 is 0 Å². The minimum absolute atomic E-state index is 0.234. The van der Waals surface area contributed by atoms with Crippen LogP contribution in [0.5, 0.6) is 0 Å². The molecular formula is C19H19N7O4S. The van der Waals surface area contributed by atoms with Gasteiger partial charge in [-0.1, -0.05) is 6.07 Å². The zero-order chi connectivity index (χ0) is 22.5. The van der Waals surface area contributed by atoms with Gasteiger partial charge in [-0.15, -0.1) is 0 Å². The second kappa shape index (κ2) is 7.16. The molecule has 0 saturated heterocycles. The molecule has 0 unspecified atom stereocenters. The Bertz CT molecular complexity index is 1430. The molecule has 3 aromatic heterocycles. The summed E-state index contributed by atoms with van der Waals surface area (Å²) >= 11 is 0. The standard InChI is InChI=1S/C19H19N7O4S/c1-12-16(10-23(3)20-12)18-9-19(17-11-24(4)21-13(17)2)25(22-18)31(29,30)15-7-5-6-14(8-15)26(27)28/h5-11H,1-4H3. The lowest BCUT2D eigenvalue weighted by molar-refractivity contribution is -0.385. The molecule has 31 heavy (non-hydrogen) atoms. The van der Waals surface area contributed by atoms with Gasteiger partial charge in [0.25, 0.3) is 15.7 Å². The summed E-state index contributed by atoms with van der Waals surface area (Å²) in [5.41, 5.74) is 2.96. The Morgan fingerprint density at radius 1 is 0.935 bits per heavy atom. The van der Waals surface area contributed by atoms with Crippen molar-refractivity contribution in [2.24, 2.45) is 14.1 Å². The minimum Gasteiger partial charge on any atom is -0.275 e. The number of nitrogens with zero attached hydrogens (tertiary/aromatic N) is 7. The van der Waals surface area contributed by atoms with Gasteiger partial charge >= 0.3 is 0 Å². The number of non-ortho nitro benzene ring substituents is 1. The van der Waals surface area contributed by atoms with Crippen LogP contribution in [0.4, 0.5) is 5.69 Å². The van der Waals surface area contributed by atoms with Crippen molar-refractivity contribution in [1.82, 2.24) is 28.7 Å². The van der Waals surface area contributed by atoms with Crippen molar-refractivity contribution < 1.29 is 13.3 Å². The van der Waals surface area contributed by atoms with E-state index in [0.717, 1.165) is 10.2 Å². The molecule has 4 rings (SSSR count).